The summed E-state index contributed by atoms with van der Waals surface area (Å²) in [4.78, 5) is 25.7. The van der Waals surface area contributed by atoms with Crippen LogP contribution >= 0.6 is 0 Å². The van der Waals surface area contributed by atoms with Gasteiger partial charge in [-0.1, -0.05) is 87.5 Å². The van der Waals surface area contributed by atoms with E-state index in [1.165, 1.54) is 11.1 Å². The van der Waals surface area contributed by atoms with Crippen molar-refractivity contribution in [2.75, 3.05) is 13.7 Å². The van der Waals surface area contributed by atoms with E-state index in [0.29, 0.717) is 17.8 Å². The first-order valence-corrected chi connectivity index (χ1v) is 22.1. The first-order chi connectivity index (χ1) is 25.7. The number of methoxy groups -OCH3 is 1. The summed E-state index contributed by atoms with van der Waals surface area (Å²) >= 11 is 0. The van der Waals surface area contributed by atoms with Crippen LogP contribution in [0.4, 0.5) is 0 Å². The molecule has 1 fully saturated rings. The molecule has 53 heavy (non-hydrogen) atoms. The lowest BCUT2D eigenvalue weighted by Gasteiger charge is -2.36. The molecule has 0 aliphatic heterocycles. The van der Waals surface area contributed by atoms with E-state index in [-0.39, 0.29) is 43.8 Å². The lowest BCUT2D eigenvalue weighted by atomic mass is 9.73. The summed E-state index contributed by atoms with van der Waals surface area (Å²) in [5, 5.41) is 2.15. The third-order valence-electron chi connectivity index (χ3n) is 11.9. The molecule has 1 unspecified atom stereocenters. The number of ether oxygens (including phenoxy) is 4. The predicted molar refractivity (Wildman–Crippen MR) is 212 cm³/mol. The van der Waals surface area contributed by atoms with Crippen molar-refractivity contribution in [2.24, 2.45) is 17.8 Å². The SMILES string of the molecule is CC[Si](CC)(CC)OC1C[C@@H]2Cc3c(cccc3OCC(=O)OCc3ccccc3)C[C@@H]2[C@H]1CC[C@H](C)OC(=O)Cc1ccc2cc(OC)ccc2c1. The minimum absolute atomic E-state index is 0.115. The Labute approximate surface area is 316 Å². The number of esters is 2. The average Bonchev–Trinajstić information content (AvgIpc) is 3.51. The van der Waals surface area contributed by atoms with Gasteiger partial charge < -0.3 is 23.4 Å². The van der Waals surface area contributed by atoms with Crippen LogP contribution in [0.3, 0.4) is 0 Å². The molecule has 0 spiro atoms. The van der Waals surface area contributed by atoms with Crippen LogP contribution in [-0.4, -0.2) is 46.2 Å². The predicted octanol–water partition coefficient (Wildman–Crippen LogP) is 9.67. The molecule has 7 nitrogen and oxygen atoms in total. The van der Waals surface area contributed by atoms with Crippen LogP contribution in [0.5, 0.6) is 11.5 Å². The summed E-state index contributed by atoms with van der Waals surface area (Å²) in [6.07, 6.45) is 4.91. The number of fused-ring (bicyclic) bond motifs is 3. The van der Waals surface area contributed by atoms with Crippen molar-refractivity contribution in [3.05, 3.63) is 107 Å². The highest BCUT2D eigenvalue weighted by Crippen LogP contribution is 2.50. The fourth-order valence-corrected chi connectivity index (χ4v) is 11.6. The second-order valence-electron chi connectivity index (χ2n) is 15.1. The zero-order valence-corrected chi connectivity index (χ0v) is 33.1. The normalized spacial score (nSPS) is 19.9. The minimum Gasteiger partial charge on any atom is -0.497 e. The molecule has 0 amide bonds. The highest BCUT2D eigenvalue weighted by molar-refractivity contribution is 6.73. The highest BCUT2D eigenvalue weighted by Gasteiger charge is 2.48. The molecule has 1 saturated carbocycles. The Morgan fingerprint density at radius 3 is 2.34 bits per heavy atom. The largest absolute Gasteiger partial charge is 0.497 e. The Morgan fingerprint density at radius 2 is 1.58 bits per heavy atom. The van der Waals surface area contributed by atoms with Crippen LogP contribution in [0.1, 0.15) is 69.2 Å². The van der Waals surface area contributed by atoms with Crippen molar-refractivity contribution in [2.45, 2.75) is 103 Å². The Morgan fingerprint density at radius 1 is 0.830 bits per heavy atom. The molecular formula is C45H56O7Si. The molecule has 0 N–H and O–H groups in total. The molecule has 0 saturated heterocycles. The molecule has 8 heteroatoms. The molecule has 4 aromatic rings. The summed E-state index contributed by atoms with van der Waals surface area (Å²) < 4.78 is 30.3. The van der Waals surface area contributed by atoms with Gasteiger partial charge >= 0.3 is 11.9 Å². The highest BCUT2D eigenvalue weighted by atomic mass is 28.4. The molecule has 4 aromatic carbocycles. The Kier molecular flexibility index (Phi) is 12.9. The van der Waals surface area contributed by atoms with E-state index < -0.39 is 8.32 Å². The van der Waals surface area contributed by atoms with Gasteiger partial charge in [-0.2, -0.15) is 0 Å². The van der Waals surface area contributed by atoms with E-state index in [0.717, 1.165) is 83.6 Å². The maximum Gasteiger partial charge on any atom is 0.344 e. The molecular weight excluding hydrogens is 681 g/mol. The van der Waals surface area contributed by atoms with Crippen LogP contribution in [0, 0.1) is 17.8 Å². The summed E-state index contributed by atoms with van der Waals surface area (Å²) in [6.45, 7) is 9.05. The number of carbonyl (C=O) groups excluding carboxylic acids is 2. The summed E-state index contributed by atoms with van der Waals surface area (Å²) in [5.74, 6) is 2.37. The lowest BCUT2D eigenvalue weighted by Crippen LogP contribution is -2.42. The molecule has 2 aliphatic rings. The fraction of sp³-hybridized carbons (Fsp3) is 0.467. The standard InChI is InChI=1S/C45H56O7Si/c1-6-53(7-2,8-3)52-43-28-37-27-41-36(15-12-16-42(41)49-30-45(47)50-29-32-13-10-9-11-14-32)26-40(37)39(43)22-17-31(4)51-44(46)24-33-18-19-35-25-38(48-5)21-20-34(35)23-33/h9-16,18-21,23,25,31,37,39-40,43H,6-8,17,22,24,26-30H2,1-5H3/t31-,37-,39+,40-,43?/m0/s1. The van der Waals surface area contributed by atoms with Gasteiger partial charge in [0, 0.05) is 6.10 Å². The lowest BCUT2D eigenvalue weighted by molar-refractivity contribution is -0.148. The van der Waals surface area contributed by atoms with E-state index in [2.05, 4.69) is 32.9 Å². The van der Waals surface area contributed by atoms with Gasteiger partial charge in [-0.25, -0.2) is 4.79 Å². The second kappa shape index (κ2) is 17.8. The smallest absolute Gasteiger partial charge is 0.344 e. The minimum atomic E-state index is -1.86. The third kappa shape index (κ3) is 9.51. The third-order valence-corrected chi connectivity index (χ3v) is 16.6. The van der Waals surface area contributed by atoms with Crippen LogP contribution in [0.2, 0.25) is 18.1 Å². The van der Waals surface area contributed by atoms with Crippen LogP contribution in [0.25, 0.3) is 10.8 Å². The topological polar surface area (TPSA) is 80.3 Å². The first-order valence-electron chi connectivity index (χ1n) is 19.6. The van der Waals surface area contributed by atoms with Crippen molar-refractivity contribution in [3.63, 3.8) is 0 Å². The molecule has 282 valence electrons. The Bertz CT molecular complexity index is 1830. The summed E-state index contributed by atoms with van der Waals surface area (Å²) in [5.41, 5.74) is 4.41. The van der Waals surface area contributed by atoms with Crippen molar-refractivity contribution in [3.8, 4) is 11.5 Å². The second-order valence-corrected chi connectivity index (χ2v) is 19.8. The zero-order valence-electron chi connectivity index (χ0n) is 32.1. The monoisotopic (exact) mass is 736 g/mol. The molecule has 5 atom stereocenters. The Balaban J connectivity index is 1.10. The van der Waals surface area contributed by atoms with Crippen molar-refractivity contribution >= 4 is 31.0 Å². The maximum atomic E-state index is 13.1. The van der Waals surface area contributed by atoms with Gasteiger partial charge in [0.05, 0.1) is 19.6 Å². The van der Waals surface area contributed by atoms with Crippen LogP contribution in [-0.2, 0) is 49.4 Å². The number of hydrogen-bond donors (Lipinski definition) is 0. The maximum absolute atomic E-state index is 13.1. The summed E-state index contributed by atoms with van der Waals surface area (Å²) in [6, 6.07) is 31.3. The quantitative estimate of drug-likeness (QED) is 0.0789. The van der Waals surface area contributed by atoms with E-state index in [4.69, 9.17) is 23.4 Å². The van der Waals surface area contributed by atoms with E-state index >= 15 is 0 Å². The van der Waals surface area contributed by atoms with Crippen LogP contribution in [0.15, 0.2) is 84.9 Å². The van der Waals surface area contributed by atoms with Crippen molar-refractivity contribution < 1.29 is 33.0 Å². The molecule has 6 rings (SSSR count). The van der Waals surface area contributed by atoms with Gasteiger partial charge in [-0.05, 0) is 126 Å². The number of carbonyl (C=O) groups is 2. The van der Waals surface area contributed by atoms with Crippen molar-refractivity contribution in [1.29, 1.82) is 0 Å². The summed E-state index contributed by atoms with van der Waals surface area (Å²) in [7, 11) is -0.191. The van der Waals surface area contributed by atoms with Gasteiger partial charge in [-0.15, -0.1) is 0 Å². The van der Waals surface area contributed by atoms with Crippen LogP contribution < -0.4 is 9.47 Å². The van der Waals surface area contributed by atoms with E-state index in [1.807, 2.05) is 79.7 Å². The van der Waals surface area contributed by atoms with E-state index in [1.54, 1.807) is 7.11 Å². The number of hydrogen-bond acceptors (Lipinski definition) is 7. The van der Waals surface area contributed by atoms with Crippen molar-refractivity contribution in [1.82, 2.24) is 0 Å². The van der Waals surface area contributed by atoms with Gasteiger partial charge in [-0.3, -0.25) is 4.79 Å². The van der Waals surface area contributed by atoms with Gasteiger partial charge in [0.1, 0.15) is 18.1 Å². The fourth-order valence-electron chi connectivity index (χ4n) is 8.71. The van der Waals surface area contributed by atoms with Gasteiger partial charge in [0.2, 0.25) is 0 Å². The number of benzene rings is 4. The molecule has 0 radical (unpaired) electrons. The molecule has 0 bridgehead atoms. The average molecular weight is 737 g/mol. The van der Waals surface area contributed by atoms with Gasteiger partial charge in [0.25, 0.3) is 0 Å². The zero-order chi connectivity index (χ0) is 37.4. The molecule has 0 aromatic heterocycles. The number of rotatable bonds is 17. The van der Waals surface area contributed by atoms with Gasteiger partial charge in [0.15, 0.2) is 14.9 Å². The molecule has 2 aliphatic carbocycles. The molecule has 0 heterocycles. The van der Waals surface area contributed by atoms with E-state index in [9.17, 15) is 9.59 Å². The Hall–Kier alpha value is -4.14. The first kappa shape index (κ1) is 38.6.